The summed E-state index contributed by atoms with van der Waals surface area (Å²) in [6.45, 7) is -0.453. The first-order chi connectivity index (χ1) is 12.0. The van der Waals surface area contributed by atoms with Crippen LogP contribution in [-0.2, 0) is 15.5 Å². The highest BCUT2D eigenvalue weighted by Gasteiger charge is 2.43. The summed E-state index contributed by atoms with van der Waals surface area (Å²) in [5, 5.41) is 31.8. The highest BCUT2D eigenvalue weighted by atomic mass is 32.2. The molecular weight excluding hydrogens is 348 g/mol. The Morgan fingerprint density at radius 3 is 2.56 bits per heavy atom. The molecular formula is C15H18N4O5S. The van der Waals surface area contributed by atoms with Crippen molar-refractivity contribution in [3.05, 3.63) is 36.7 Å². The first kappa shape index (κ1) is 17.7. The zero-order chi connectivity index (χ0) is 18.0. The quantitative estimate of drug-likeness (QED) is 0.452. The number of hydrogen-bond donors (Lipinski definition) is 5. The summed E-state index contributed by atoms with van der Waals surface area (Å²) in [5.41, 5.74) is 5.87. The number of hydrogen-bond acceptors (Lipinski definition) is 9. The molecule has 0 radical (unpaired) electrons. The van der Waals surface area contributed by atoms with Crippen molar-refractivity contribution in [1.29, 1.82) is 0 Å². The van der Waals surface area contributed by atoms with Gasteiger partial charge in [-0.3, -0.25) is 0 Å². The molecule has 1 aliphatic heterocycles. The molecule has 1 aromatic heterocycles. The molecule has 1 fully saturated rings. The van der Waals surface area contributed by atoms with Gasteiger partial charge in [0.15, 0.2) is 6.23 Å². The van der Waals surface area contributed by atoms with Crippen molar-refractivity contribution in [3.8, 4) is 0 Å². The Balaban J connectivity index is 1.91. The van der Waals surface area contributed by atoms with Crippen LogP contribution in [0.5, 0.6) is 0 Å². The topological polar surface area (TPSA) is 151 Å². The number of nitrogens with two attached hydrogens (primary N) is 1. The molecule has 1 aromatic carbocycles. The second kappa shape index (κ2) is 7.42. The second-order valence-electron chi connectivity index (χ2n) is 5.42. The standard InChI is InChI=1S/C15H18N4O5S/c16-13-12(25(23)8-4-2-1-3-5-8)14(18-7-17-13)19-15-11(22)10(21)9(6-20)24-15/h1-5,7,9-11,15,20-22H,6H2,(H3,16,17,18,19)/t9-,10-,11-,15-,25?/m1/s1. The van der Waals surface area contributed by atoms with Gasteiger partial charge < -0.3 is 31.1 Å². The minimum atomic E-state index is -1.66. The molecule has 5 atom stereocenters. The van der Waals surface area contributed by atoms with Crippen LogP contribution in [0.1, 0.15) is 0 Å². The third kappa shape index (κ3) is 3.48. The Morgan fingerprint density at radius 2 is 1.92 bits per heavy atom. The minimum absolute atomic E-state index is 0.0198. The molecule has 9 nitrogen and oxygen atoms in total. The maximum absolute atomic E-state index is 12.8. The van der Waals surface area contributed by atoms with Crippen molar-refractivity contribution in [3.63, 3.8) is 0 Å². The number of nitrogens with one attached hydrogen (secondary N) is 1. The highest BCUT2D eigenvalue weighted by Crippen LogP contribution is 2.29. The molecule has 1 aliphatic rings. The molecule has 2 heterocycles. The van der Waals surface area contributed by atoms with Gasteiger partial charge in [0.25, 0.3) is 0 Å². The number of aromatic nitrogens is 2. The molecule has 6 N–H and O–H groups in total. The van der Waals surface area contributed by atoms with Crippen LogP contribution in [0.3, 0.4) is 0 Å². The molecule has 1 unspecified atom stereocenters. The Labute approximate surface area is 146 Å². The molecule has 0 spiro atoms. The summed E-state index contributed by atoms with van der Waals surface area (Å²) in [6.07, 6.45) is -3.36. The summed E-state index contributed by atoms with van der Waals surface area (Å²) in [4.78, 5) is 8.55. The number of aliphatic hydroxyl groups is 3. The average molecular weight is 366 g/mol. The summed E-state index contributed by atoms with van der Waals surface area (Å²) in [5.74, 6) is 0.135. The SMILES string of the molecule is Nc1ncnc(N[C@@H]2O[C@H](CO)[C@@H](O)[C@H]2O)c1S(=O)c1ccccc1. The van der Waals surface area contributed by atoms with Gasteiger partial charge in [-0.25, -0.2) is 14.2 Å². The highest BCUT2D eigenvalue weighted by molar-refractivity contribution is 7.85. The molecule has 0 bridgehead atoms. The molecule has 1 saturated heterocycles. The van der Waals surface area contributed by atoms with Crippen LogP contribution in [0.25, 0.3) is 0 Å². The van der Waals surface area contributed by atoms with E-state index in [1.807, 2.05) is 0 Å². The maximum atomic E-state index is 12.8. The number of benzene rings is 1. The van der Waals surface area contributed by atoms with Crippen molar-refractivity contribution in [2.24, 2.45) is 0 Å². The van der Waals surface area contributed by atoms with Gasteiger partial charge in [-0.1, -0.05) is 18.2 Å². The minimum Gasteiger partial charge on any atom is -0.394 e. The fourth-order valence-electron chi connectivity index (χ4n) is 2.49. The van der Waals surface area contributed by atoms with E-state index in [1.165, 1.54) is 6.33 Å². The van der Waals surface area contributed by atoms with Crippen LogP contribution in [0.4, 0.5) is 11.6 Å². The molecule has 0 aliphatic carbocycles. The van der Waals surface area contributed by atoms with Gasteiger partial charge in [-0.2, -0.15) is 0 Å². The lowest BCUT2D eigenvalue weighted by atomic mass is 10.1. The predicted molar refractivity (Wildman–Crippen MR) is 88.9 cm³/mol. The van der Waals surface area contributed by atoms with Gasteiger partial charge in [0.2, 0.25) is 0 Å². The van der Waals surface area contributed by atoms with Crippen LogP contribution in [0.2, 0.25) is 0 Å². The Hall–Kier alpha value is -2.11. The molecule has 134 valence electrons. The summed E-state index contributed by atoms with van der Waals surface area (Å²) in [6, 6.07) is 8.64. The van der Waals surface area contributed by atoms with Crippen molar-refractivity contribution >= 4 is 22.4 Å². The normalized spacial score (nSPS) is 27.2. The first-order valence-electron chi connectivity index (χ1n) is 7.49. The van der Waals surface area contributed by atoms with E-state index in [2.05, 4.69) is 15.3 Å². The van der Waals surface area contributed by atoms with Crippen molar-refractivity contribution < 1.29 is 24.3 Å². The van der Waals surface area contributed by atoms with E-state index in [4.69, 9.17) is 15.6 Å². The summed E-state index contributed by atoms with van der Waals surface area (Å²) < 4.78 is 18.2. The molecule has 2 aromatic rings. The summed E-state index contributed by atoms with van der Waals surface area (Å²) in [7, 11) is -1.66. The first-order valence-corrected chi connectivity index (χ1v) is 8.64. The smallest absolute Gasteiger partial charge is 0.158 e. The number of nitrogens with zero attached hydrogens (tertiary/aromatic N) is 2. The van der Waals surface area contributed by atoms with Gasteiger partial charge in [-0.05, 0) is 12.1 Å². The van der Waals surface area contributed by atoms with E-state index in [-0.39, 0.29) is 16.5 Å². The lowest BCUT2D eigenvalue weighted by molar-refractivity contribution is -0.0154. The van der Waals surface area contributed by atoms with E-state index >= 15 is 0 Å². The van der Waals surface area contributed by atoms with E-state index < -0.39 is 41.9 Å². The van der Waals surface area contributed by atoms with Crippen molar-refractivity contribution in [2.75, 3.05) is 17.7 Å². The fraction of sp³-hybridized carbons (Fsp3) is 0.333. The number of anilines is 2. The van der Waals surface area contributed by atoms with Gasteiger partial charge >= 0.3 is 0 Å². The molecule has 0 saturated carbocycles. The maximum Gasteiger partial charge on any atom is 0.158 e. The molecule has 0 amide bonds. The third-order valence-corrected chi connectivity index (χ3v) is 5.27. The zero-order valence-electron chi connectivity index (χ0n) is 13.0. The van der Waals surface area contributed by atoms with Crippen molar-refractivity contribution in [2.45, 2.75) is 34.3 Å². The van der Waals surface area contributed by atoms with Gasteiger partial charge in [0.1, 0.15) is 41.2 Å². The number of nitrogen functional groups attached to an aromatic ring is 1. The Morgan fingerprint density at radius 1 is 1.20 bits per heavy atom. The van der Waals surface area contributed by atoms with Crippen LogP contribution in [0.15, 0.2) is 46.5 Å². The van der Waals surface area contributed by atoms with E-state index in [1.54, 1.807) is 30.3 Å². The van der Waals surface area contributed by atoms with Gasteiger partial charge in [0.05, 0.1) is 17.4 Å². The third-order valence-electron chi connectivity index (χ3n) is 3.80. The van der Waals surface area contributed by atoms with E-state index in [0.29, 0.717) is 4.90 Å². The lowest BCUT2D eigenvalue weighted by Gasteiger charge is -2.19. The number of rotatable bonds is 5. The van der Waals surface area contributed by atoms with Gasteiger partial charge in [0, 0.05) is 4.90 Å². The van der Waals surface area contributed by atoms with Crippen LogP contribution in [-0.4, -0.2) is 60.6 Å². The number of aliphatic hydroxyl groups excluding tert-OH is 3. The van der Waals surface area contributed by atoms with Crippen molar-refractivity contribution in [1.82, 2.24) is 9.97 Å². The van der Waals surface area contributed by atoms with E-state index in [9.17, 15) is 14.4 Å². The number of ether oxygens (including phenoxy) is 1. The molecule has 3 rings (SSSR count). The molecule has 25 heavy (non-hydrogen) atoms. The second-order valence-corrected chi connectivity index (χ2v) is 6.84. The monoisotopic (exact) mass is 366 g/mol. The lowest BCUT2D eigenvalue weighted by Crippen LogP contribution is -2.37. The fourth-order valence-corrected chi connectivity index (χ4v) is 3.66. The average Bonchev–Trinajstić information content (AvgIpc) is 2.90. The van der Waals surface area contributed by atoms with E-state index in [0.717, 1.165) is 0 Å². The van der Waals surface area contributed by atoms with Gasteiger partial charge in [-0.15, -0.1) is 0 Å². The Kier molecular flexibility index (Phi) is 5.25. The molecule has 10 heteroatoms. The van der Waals surface area contributed by atoms with Crippen LogP contribution in [0, 0.1) is 0 Å². The Bertz CT molecular complexity index is 763. The zero-order valence-corrected chi connectivity index (χ0v) is 13.8. The summed E-state index contributed by atoms with van der Waals surface area (Å²) >= 11 is 0. The van der Waals surface area contributed by atoms with Crippen LogP contribution >= 0.6 is 0 Å². The predicted octanol–water partition coefficient (Wildman–Crippen LogP) is -0.924. The van der Waals surface area contributed by atoms with Crippen LogP contribution < -0.4 is 11.1 Å². The largest absolute Gasteiger partial charge is 0.394 e.